The second-order valence-electron chi connectivity index (χ2n) is 6.73. The molecule has 4 rings (SSSR count). The van der Waals surface area contributed by atoms with Crippen LogP contribution in [0.15, 0.2) is 65.7 Å². The first-order valence-electron chi connectivity index (χ1n) is 9.67. The molecule has 162 valence electrons. The van der Waals surface area contributed by atoms with Crippen molar-refractivity contribution in [1.82, 2.24) is 30.2 Å². The summed E-state index contributed by atoms with van der Waals surface area (Å²) in [6, 6.07) is 12.7. The summed E-state index contributed by atoms with van der Waals surface area (Å²) in [5.41, 5.74) is 2.00. The number of anilines is 1. The van der Waals surface area contributed by atoms with E-state index in [4.69, 9.17) is 4.52 Å². The van der Waals surface area contributed by atoms with Crippen LogP contribution < -0.4 is 10.6 Å². The maximum absolute atomic E-state index is 13.0. The minimum Gasteiger partial charge on any atom is -0.347 e. The lowest BCUT2D eigenvalue weighted by Gasteiger charge is -2.07. The van der Waals surface area contributed by atoms with Crippen LogP contribution in [0.2, 0.25) is 0 Å². The van der Waals surface area contributed by atoms with Gasteiger partial charge in [0.15, 0.2) is 0 Å². The van der Waals surface area contributed by atoms with Gasteiger partial charge in [0.2, 0.25) is 23.5 Å². The Balaban J connectivity index is 1.20. The van der Waals surface area contributed by atoms with Gasteiger partial charge in [0.1, 0.15) is 18.5 Å². The molecular weight excluding hydrogens is 417 g/mol. The Kier molecular flexibility index (Phi) is 6.25. The third-order valence-corrected chi connectivity index (χ3v) is 4.42. The van der Waals surface area contributed by atoms with Crippen LogP contribution in [0.4, 0.5) is 10.1 Å². The van der Waals surface area contributed by atoms with E-state index in [0.29, 0.717) is 17.1 Å². The highest BCUT2D eigenvalue weighted by Crippen LogP contribution is 2.16. The lowest BCUT2D eigenvalue weighted by molar-refractivity contribution is -0.124. The standard InChI is InChI=1S/C21H18FN7O3/c22-15-3-1-14(2-4-15)21-27-20(32-28-21)10-9-18(30)24-11-19(31)26-16-5-7-17(8-6-16)29-13-23-12-25-29/h1-8,12-13H,9-11H2,(H,24,30)(H,26,31). The first-order chi connectivity index (χ1) is 15.6. The van der Waals surface area contributed by atoms with Crippen molar-refractivity contribution in [2.45, 2.75) is 12.8 Å². The van der Waals surface area contributed by atoms with Crippen LogP contribution in [0.5, 0.6) is 0 Å². The molecule has 0 spiro atoms. The third kappa shape index (κ3) is 5.39. The van der Waals surface area contributed by atoms with E-state index in [0.717, 1.165) is 5.69 Å². The smallest absolute Gasteiger partial charge is 0.243 e. The third-order valence-electron chi connectivity index (χ3n) is 4.42. The zero-order chi connectivity index (χ0) is 22.3. The molecule has 0 radical (unpaired) electrons. The maximum Gasteiger partial charge on any atom is 0.243 e. The molecule has 4 aromatic rings. The molecule has 10 nitrogen and oxygen atoms in total. The number of hydrogen-bond acceptors (Lipinski definition) is 7. The molecule has 0 aliphatic heterocycles. The zero-order valence-corrected chi connectivity index (χ0v) is 16.7. The average molecular weight is 435 g/mol. The van der Waals surface area contributed by atoms with Gasteiger partial charge in [0.25, 0.3) is 0 Å². The van der Waals surface area contributed by atoms with E-state index in [-0.39, 0.29) is 42.9 Å². The Morgan fingerprint density at radius 1 is 1.03 bits per heavy atom. The van der Waals surface area contributed by atoms with Crippen LogP contribution in [0, 0.1) is 5.82 Å². The van der Waals surface area contributed by atoms with Crippen molar-refractivity contribution in [2.24, 2.45) is 0 Å². The minimum absolute atomic E-state index is 0.0743. The van der Waals surface area contributed by atoms with Crippen molar-refractivity contribution in [1.29, 1.82) is 0 Å². The van der Waals surface area contributed by atoms with Gasteiger partial charge in [-0.3, -0.25) is 9.59 Å². The van der Waals surface area contributed by atoms with E-state index in [1.165, 1.54) is 30.6 Å². The second-order valence-corrected chi connectivity index (χ2v) is 6.73. The molecule has 2 heterocycles. The van der Waals surface area contributed by atoms with E-state index >= 15 is 0 Å². The van der Waals surface area contributed by atoms with Crippen molar-refractivity contribution in [2.75, 3.05) is 11.9 Å². The summed E-state index contributed by atoms with van der Waals surface area (Å²) in [5.74, 6) is -0.459. The van der Waals surface area contributed by atoms with Crippen molar-refractivity contribution in [3.8, 4) is 17.1 Å². The number of aromatic nitrogens is 5. The summed E-state index contributed by atoms with van der Waals surface area (Å²) in [4.78, 5) is 32.2. The highest BCUT2D eigenvalue weighted by Gasteiger charge is 2.12. The normalized spacial score (nSPS) is 10.7. The lowest BCUT2D eigenvalue weighted by Crippen LogP contribution is -2.32. The van der Waals surface area contributed by atoms with Gasteiger partial charge in [-0.05, 0) is 48.5 Å². The summed E-state index contributed by atoms with van der Waals surface area (Å²) in [6.07, 6.45) is 3.29. The van der Waals surface area contributed by atoms with E-state index in [2.05, 4.69) is 30.9 Å². The minimum atomic E-state index is -0.359. The average Bonchev–Trinajstić information content (AvgIpc) is 3.50. The number of benzene rings is 2. The van der Waals surface area contributed by atoms with Crippen LogP contribution in [0.3, 0.4) is 0 Å². The highest BCUT2D eigenvalue weighted by molar-refractivity contribution is 5.94. The van der Waals surface area contributed by atoms with Crippen molar-refractivity contribution in [3.05, 3.63) is 72.9 Å². The molecule has 32 heavy (non-hydrogen) atoms. The van der Waals surface area contributed by atoms with Crippen molar-refractivity contribution >= 4 is 17.5 Å². The van der Waals surface area contributed by atoms with E-state index in [1.54, 1.807) is 35.3 Å². The molecular formula is C21H18FN7O3. The van der Waals surface area contributed by atoms with Crippen LogP contribution in [-0.2, 0) is 16.0 Å². The number of nitrogens with one attached hydrogen (secondary N) is 2. The number of nitrogens with zero attached hydrogens (tertiary/aromatic N) is 5. The molecule has 0 bridgehead atoms. The Hall–Kier alpha value is -4.41. The number of aryl methyl sites for hydroxylation is 1. The van der Waals surface area contributed by atoms with Gasteiger partial charge < -0.3 is 15.2 Å². The molecule has 0 atom stereocenters. The van der Waals surface area contributed by atoms with E-state index < -0.39 is 0 Å². The molecule has 0 unspecified atom stereocenters. The molecule has 2 N–H and O–H groups in total. The number of halogens is 1. The topological polar surface area (TPSA) is 128 Å². The Morgan fingerprint density at radius 3 is 2.53 bits per heavy atom. The summed E-state index contributed by atoms with van der Waals surface area (Å²) in [7, 11) is 0. The summed E-state index contributed by atoms with van der Waals surface area (Å²) in [6.45, 7) is -0.172. The quantitative estimate of drug-likeness (QED) is 0.434. The van der Waals surface area contributed by atoms with Crippen LogP contribution >= 0.6 is 0 Å². The zero-order valence-electron chi connectivity index (χ0n) is 16.7. The largest absolute Gasteiger partial charge is 0.347 e. The Morgan fingerprint density at radius 2 is 1.81 bits per heavy atom. The lowest BCUT2D eigenvalue weighted by atomic mass is 10.2. The predicted molar refractivity (Wildman–Crippen MR) is 111 cm³/mol. The molecule has 2 amide bonds. The SMILES string of the molecule is O=C(CCc1nc(-c2ccc(F)cc2)no1)NCC(=O)Nc1ccc(-n2cncn2)cc1. The number of carbonyl (C=O) groups is 2. The fourth-order valence-corrected chi connectivity index (χ4v) is 2.80. The Labute approximate surface area is 181 Å². The van der Waals surface area contributed by atoms with Gasteiger partial charge in [-0.1, -0.05) is 5.16 Å². The molecule has 0 aliphatic rings. The first-order valence-corrected chi connectivity index (χ1v) is 9.67. The van der Waals surface area contributed by atoms with Gasteiger partial charge in [-0.15, -0.1) is 0 Å². The molecule has 11 heteroatoms. The first kappa shape index (κ1) is 20.8. The number of amides is 2. The number of hydrogen-bond donors (Lipinski definition) is 2. The maximum atomic E-state index is 13.0. The van der Waals surface area contributed by atoms with E-state index in [9.17, 15) is 14.0 Å². The summed E-state index contributed by atoms with van der Waals surface area (Å²) in [5, 5.41) is 13.1. The Bertz CT molecular complexity index is 1190. The van der Waals surface area contributed by atoms with Crippen molar-refractivity contribution < 1.29 is 18.5 Å². The molecule has 0 aliphatic carbocycles. The molecule has 0 fully saturated rings. The molecule has 0 saturated carbocycles. The van der Waals surface area contributed by atoms with Crippen LogP contribution in [0.1, 0.15) is 12.3 Å². The van der Waals surface area contributed by atoms with Gasteiger partial charge >= 0.3 is 0 Å². The molecule has 2 aromatic heterocycles. The number of carbonyl (C=O) groups excluding carboxylic acids is 2. The molecule has 0 saturated heterocycles. The van der Waals surface area contributed by atoms with Crippen molar-refractivity contribution in [3.63, 3.8) is 0 Å². The van der Waals surface area contributed by atoms with E-state index in [1.807, 2.05) is 0 Å². The fraction of sp³-hybridized carbons (Fsp3) is 0.143. The second kappa shape index (κ2) is 9.60. The van der Waals surface area contributed by atoms with Gasteiger partial charge in [-0.25, -0.2) is 14.1 Å². The highest BCUT2D eigenvalue weighted by atomic mass is 19.1. The van der Waals surface area contributed by atoms with Crippen LogP contribution in [-0.4, -0.2) is 43.3 Å². The van der Waals surface area contributed by atoms with Crippen LogP contribution in [0.25, 0.3) is 17.1 Å². The fourth-order valence-electron chi connectivity index (χ4n) is 2.80. The number of rotatable bonds is 8. The monoisotopic (exact) mass is 435 g/mol. The summed E-state index contributed by atoms with van der Waals surface area (Å²) >= 11 is 0. The summed E-state index contributed by atoms with van der Waals surface area (Å²) < 4.78 is 19.7. The predicted octanol–water partition coefficient (Wildman–Crippen LogP) is 2.14. The molecule has 2 aromatic carbocycles. The van der Waals surface area contributed by atoms with Gasteiger partial charge in [0, 0.05) is 24.1 Å². The van der Waals surface area contributed by atoms with Gasteiger partial charge in [-0.2, -0.15) is 10.1 Å². The van der Waals surface area contributed by atoms with Gasteiger partial charge in [0.05, 0.1) is 12.2 Å².